The first kappa shape index (κ1) is 15.0. The summed E-state index contributed by atoms with van der Waals surface area (Å²) in [7, 11) is -3.88. The van der Waals surface area contributed by atoms with E-state index in [-0.39, 0.29) is 33.2 Å². The fourth-order valence-electron chi connectivity index (χ4n) is 1.84. The van der Waals surface area contributed by atoms with E-state index in [2.05, 4.69) is 15.9 Å². The highest BCUT2D eigenvalue weighted by Gasteiger charge is 2.38. The van der Waals surface area contributed by atoms with Crippen molar-refractivity contribution < 1.29 is 18.6 Å². The molecule has 9 heteroatoms. The molecule has 6 nitrogen and oxygen atoms in total. The number of nitrogens with two attached hydrogens (primary N) is 1. The zero-order valence-electron chi connectivity index (χ0n) is 9.62. The van der Waals surface area contributed by atoms with Gasteiger partial charge in [0.05, 0.1) is 21.6 Å². The van der Waals surface area contributed by atoms with Gasteiger partial charge >= 0.3 is 0 Å². The van der Waals surface area contributed by atoms with Crippen LogP contribution in [0.3, 0.4) is 0 Å². The minimum absolute atomic E-state index is 0.0844. The molecule has 0 aliphatic carbocycles. The maximum atomic E-state index is 12.4. The van der Waals surface area contributed by atoms with E-state index >= 15 is 0 Å². The SMILES string of the molecule is Nc1cc(Cl)cc(S(=O)(=O)N2CC(O)C(O)C2)c1Br. The molecule has 106 valence electrons. The van der Waals surface area contributed by atoms with E-state index in [1.165, 1.54) is 12.1 Å². The van der Waals surface area contributed by atoms with Crippen LogP contribution in [0, 0.1) is 0 Å². The van der Waals surface area contributed by atoms with Crippen molar-refractivity contribution in [3.8, 4) is 0 Å². The molecule has 0 amide bonds. The van der Waals surface area contributed by atoms with E-state index in [1.807, 2.05) is 0 Å². The average Bonchev–Trinajstić information content (AvgIpc) is 2.65. The lowest BCUT2D eigenvalue weighted by Gasteiger charge is -2.17. The number of β-amino-alcohol motifs (C(OH)–C–C–N with tert-alkyl or cyclic N) is 2. The highest BCUT2D eigenvalue weighted by Crippen LogP contribution is 2.34. The first-order valence-corrected chi connectivity index (χ1v) is 7.95. The molecule has 4 N–H and O–H groups in total. The third-order valence-electron chi connectivity index (χ3n) is 2.88. The Morgan fingerprint density at radius 1 is 1.32 bits per heavy atom. The average molecular weight is 372 g/mol. The van der Waals surface area contributed by atoms with Gasteiger partial charge in [-0.1, -0.05) is 11.6 Å². The van der Waals surface area contributed by atoms with Gasteiger partial charge in [0, 0.05) is 23.8 Å². The van der Waals surface area contributed by atoms with Crippen molar-refractivity contribution in [1.29, 1.82) is 0 Å². The van der Waals surface area contributed by atoms with Crippen LogP contribution in [0.5, 0.6) is 0 Å². The summed E-state index contributed by atoms with van der Waals surface area (Å²) < 4.78 is 26.0. The van der Waals surface area contributed by atoms with Crippen molar-refractivity contribution in [1.82, 2.24) is 4.31 Å². The number of aliphatic hydroxyl groups is 2. The monoisotopic (exact) mass is 370 g/mol. The number of nitrogens with zero attached hydrogens (tertiary/aromatic N) is 1. The van der Waals surface area contributed by atoms with Gasteiger partial charge in [0.25, 0.3) is 0 Å². The molecule has 1 saturated heterocycles. The molecule has 1 heterocycles. The molecule has 1 aromatic rings. The van der Waals surface area contributed by atoms with Crippen molar-refractivity contribution in [3.63, 3.8) is 0 Å². The topological polar surface area (TPSA) is 104 Å². The minimum atomic E-state index is -3.88. The number of benzene rings is 1. The third-order valence-corrected chi connectivity index (χ3v) is 6.10. The number of hydrogen-bond donors (Lipinski definition) is 3. The molecular weight excluding hydrogens is 360 g/mol. The van der Waals surface area contributed by atoms with Gasteiger partial charge in [-0.05, 0) is 28.1 Å². The van der Waals surface area contributed by atoms with Crippen LogP contribution in [0.4, 0.5) is 5.69 Å². The first-order chi connectivity index (χ1) is 8.73. The molecule has 0 radical (unpaired) electrons. The number of halogens is 2. The Morgan fingerprint density at radius 3 is 2.37 bits per heavy atom. The number of aliphatic hydroxyl groups excluding tert-OH is 2. The number of hydrogen-bond acceptors (Lipinski definition) is 5. The van der Waals surface area contributed by atoms with Crippen LogP contribution in [0.2, 0.25) is 5.02 Å². The van der Waals surface area contributed by atoms with Gasteiger partial charge < -0.3 is 15.9 Å². The lowest BCUT2D eigenvalue weighted by Crippen LogP contribution is -2.30. The number of rotatable bonds is 2. The van der Waals surface area contributed by atoms with E-state index in [0.717, 1.165) is 4.31 Å². The lowest BCUT2D eigenvalue weighted by molar-refractivity contribution is 0.0572. The Morgan fingerprint density at radius 2 is 1.84 bits per heavy atom. The van der Waals surface area contributed by atoms with Crippen LogP contribution in [-0.2, 0) is 10.0 Å². The Labute approximate surface area is 124 Å². The second kappa shape index (κ2) is 5.19. The Kier molecular flexibility index (Phi) is 4.10. The second-order valence-corrected chi connectivity index (χ2v) is 7.40. The summed E-state index contributed by atoms with van der Waals surface area (Å²) in [6, 6.07) is 2.70. The van der Waals surface area contributed by atoms with Gasteiger partial charge in [-0.25, -0.2) is 8.42 Å². The van der Waals surface area contributed by atoms with Crippen molar-refractivity contribution in [2.45, 2.75) is 17.1 Å². The van der Waals surface area contributed by atoms with Gasteiger partial charge in [0.15, 0.2) is 0 Å². The molecule has 0 saturated carbocycles. The predicted molar refractivity (Wildman–Crippen MR) is 74.3 cm³/mol. The van der Waals surface area contributed by atoms with E-state index in [0.29, 0.717) is 0 Å². The summed E-state index contributed by atoms with van der Waals surface area (Å²) in [5, 5.41) is 19.1. The smallest absolute Gasteiger partial charge is 0.244 e. The molecule has 19 heavy (non-hydrogen) atoms. The zero-order valence-corrected chi connectivity index (χ0v) is 12.8. The Balaban J connectivity index is 2.46. The number of anilines is 1. The van der Waals surface area contributed by atoms with E-state index in [1.54, 1.807) is 0 Å². The van der Waals surface area contributed by atoms with Crippen LogP contribution < -0.4 is 5.73 Å². The maximum absolute atomic E-state index is 12.4. The van der Waals surface area contributed by atoms with E-state index in [4.69, 9.17) is 17.3 Å². The third kappa shape index (κ3) is 2.74. The van der Waals surface area contributed by atoms with Gasteiger partial charge in [0.1, 0.15) is 0 Å². The molecule has 1 aromatic carbocycles. The summed E-state index contributed by atoms with van der Waals surface area (Å²) >= 11 is 8.92. The summed E-state index contributed by atoms with van der Waals surface area (Å²) in [5.74, 6) is 0. The van der Waals surface area contributed by atoms with Crippen LogP contribution in [-0.4, -0.2) is 48.2 Å². The van der Waals surface area contributed by atoms with Crippen molar-refractivity contribution in [2.75, 3.05) is 18.8 Å². The Hall–Kier alpha value is -0.380. The van der Waals surface area contributed by atoms with E-state index < -0.39 is 22.2 Å². The number of sulfonamides is 1. The fourth-order valence-corrected chi connectivity index (χ4v) is 4.57. The molecule has 1 aliphatic heterocycles. The standard InChI is InChI=1S/C10H12BrClN2O4S/c11-10-6(13)1-5(12)2-9(10)19(17,18)14-3-7(15)8(16)4-14/h1-2,7-8,15-16H,3-4,13H2. The molecule has 2 rings (SSSR count). The second-order valence-electron chi connectivity index (χ2n) is 4.26. The summed E-state index contributed by atoms with van der Waals surface area (Å²) in [4.78, 5) is -0.0844. The van der Waals surface area contributed by atoms with Gasteiger partial charge in [-0.2, -0.15) is 4.31 Å². The first-order valence-electron chi connectivity index (χ1n) is 5.34. The quantitative estimate of drug-likeness (QED) is 0.653. The molecule has 0 bridgehead atoms. The van der Waals surface area contributed by atoms with Crippen molar-refractivity contribution in [2.24, 2.45) is 0 Å². The van der Waals surface area contributed by atoms with Gasteiger partial charge in [-0.3, -0.25) is 0 Å². The van der Waals surface area contributed by atoms with Crippen molar-refractivity contribution >= 4 is 43.2 Å². The molecule has 1 fully saturated rings. The molecular formula is C10H12BrClN2O4S. The highest BCUT2D eigenvalue weighted by molar-refractivity contribution is 9.10. The zero-order chi connectivity index (χ0) is 14.4. The highest BCUT2D eigenvalue weighted by atomic mass is 79.9. The summed E-state index contributed by atoms with van der Waals surface area (Å²) in [5.41, 5.74) is 5.86. The number of nitrogen functional groups attached to an aromatic ring is 1. The molecule has 2 unspecified atom stereocenters. The van der Waals surface area contributed by atoms with Gasteiger partial charge in [-0.15, -0.1) is 0 Å². The molecule has 0 aromatic heterocycles. The van der Waals surface area contributed by atoms with E-state index in [9.17, 15) is 18.6 Å². The summed E-state index contributed by atoms with van der Waals surface area (Å²) in [6.45, 7) is -0.329. The van der Waals surface area contributed by atoms with Crippen LogP contribution >= 0.6 is 27.5 Å². The van der Waals surface area contributed by atoms with Gasteiger partial charge in [0.2, 0.25) is 10.0 Å². The predicted octanol–water partition coefficient (Wildman–Crippen LogP) is 0.411. The lowest BCUT2D eigenvalue weighted by atomic mass is 10.3. The van der Waals surface area contributed by atoms with Crippen LogP contribution in [0.25, 0.3) is 0 Å². The fraction of sp³-hybridized carbons (Fsp3) is 0.400. The normalized spacial score (nSPS) is 24.8. The molecule has 2 atom stereocenters. The van der Waals surface area contributed by atoms with Crippen molar-refractivity contribution in [3.05, 3.63) is 21.6 Å². The maximum Gasteiger partial charge on any atom is 0.244 e. The largest absolute Gasteiger partial charge is 0.398 e. The van der Waals surface area contributed by atoms with Crippen LogP contribution in [0.1, 0.15) is 0 Å². The summed E-state index contributed by atoms with van der Waals surface area (Å²) in [6.07, 6.45) is -2.19. The molecule has 0 spiro atoms. The van der Waals surface area contributed by atoms with Crippen LogP contribution in [0.15, 0.2) is 21.5 Å². The minimum Gasteiger partial charge on any atom is -0.398 e. The molecule has 1 aliphatic rings. The Bertz CT molecular complexity index is 600.